The van der Waals surface area contributed by atoms with Gasteiger partial charge in [0.2, 0.25) is 0 Å². The van der Waals surface area contributed by atoms with E-state index >= 15 is 0 Å². The molecule has 62 valence electrons. The number of aromatic nitrogens is 3. The van der Waals surface area contributed by atoms with Crippen LogP contribution in [-0.2, 0) is 0 Å². The number of fused-ring (bicyclic) bond motifs is 1. The maximum atomic E-state index is 5.53. The van der Waals surface area contributed by atoms with Crippen molar-refractivity contribution < 1.29 is 0 Å². The van der Waals surface area contributed by atoms with E-state index in [4.69, 9.17) is 5.73 Å². The molecule has 0 aliphatic rings. The quantitative estimate of drug-likeness (QED) is 0.718. The van der Waals surface area contributed by atoms with Gasteiger partial charge < -0.3 is 5.73 Å². The van der Waals surface area contributed by atoms with E-state index in [0.717, 1.165) is 10.4 Å². The van der Waals surface area contributed by atoms with E-state index in [1.807, 2.05) is 6.92 Å². The molecule has 12 heavy (non-hydrogen) atoms. The molecule has 2 N–H and O–H groups in total. The van der Waals surface area contributed by atoms with E-state index in [0.29, 0.717) is 15.5 Å². The number of hydrogen-bond acceptors (Lipinski definition) is 5. The fourth-order valence-corrected chi connectivity index (χ4v) is 2.09. The molecule has 0 fully saturated rings. The van der Waals surface area contributed by atoms with Crippen molar-refractivity contribution in [1.82, 2.24) is 15.0 Å². The van der Waals surface area contributed by atoms with Gasteiger partial charge in [-0.2, -0.15) is 0 Å². The highest BCUT2D eigenvalue weighted by Gasteiger charge is 2.07. The summed E-state index contributed by atoms with van der Waals surface area (Å²) in [5, 5.41) is 0.528. The Morgan fingerprint density at radius 1 is 1.33 bits per heavy atom. The zero-order valence-electron chi connectivity index (χ0n) is 6.21. The van der Waals surface area contributed by atoms with Crippen LogP contribution in [0.5, 0.6) is 0 Å². The van der Waals surface area contributed by atoms with E-state index in [1.165, 1.54) is 11.3 Å². The van der Waals surface area contributed by atoms with E-state index in [9.17, 15) is 0 Å². The Morgan fingerprint density at radius 3 is 2.83 bits per heavy atom. The summed E-state index contributed by atoms with van der Waals surface area (Å²) < 4.78 is 1.51. The Bertz CT molecular complexity index is 438. The molecule has 0 saturated carbocycles. The lowest BCUT2D eigenvalue weighted by Gasteiger charge is -1.92. The van der Waals surface area contributed by atoms with Crippen LogP contribution in [0.2, 0.25) is 0 Å². The standard InChI is InChI=1S/C6H5BrN4S/c1-2-3-4(10-5(7)9-2)11-6(8)12-3/h1H3,(H2,8,9,10,11). The Balaban J connectivity index is 2.88. The van der Waals surface area contributed by atoms with Gasteiger partial charge in [-0.05, 0) is 22.9 Å². The summed E-state index contributed by atoms with van der Waals surface area (Å²) in [6, 6.07) is 0. The summed E-state index contributed by atoms with van der Waals surface area (Å²) in [7, 11) is 0. The van der Waals surface area contributed by atoms with Gasteiger partial charge in [0, 0.05) is 0 Å². The van der Waals surface area contributed by atoms with Crippen LogP contribution in [0.3, 0.4) is 0 Å². The summed E-state index contributed by atoms with van der Waals surface area (Å²) in [6.45, 7) is 1.91. The molecule has 2 aromatic rings. The van der Waals surface area contributed by atoms with Crippen molar-refractivity contribution in [2.45, 2.75) is 6.92 Å². The summed E-state index contributed by atoms with van der Waals surface area (Å²) >= 11 is 4.60. The number of anilines is 1. The molecule has 0 bridgehead atoms. The van der Waals surface area contributed by atoms with Gasteiger partial charge in [0.15, 0.2) is 15.5 Å². The summed E-state index contributed by atoms with van der Waals surface area (Å²) in [6.07, 6.45) is 0. The number of thiazole rings is 1. The third-order valence-corrected chi connectivity index (χ3v) is 2.75. The average molecular weight is 245 g/mol. The summed E-state index contributed by atoms with van der Waals surface area (Å²) in [4.78, 5) is 12.3. The number of hydrogen-bond donors (Lipinski definition) is 1. The number of nitrogens with zero attached hydrogens (tertiary/aromatic N) is 3. The van der Waals surface area contributed by atoms with Gasteiger partial charge in [-0.1, -0.05) is 11.3 Å². The fraction of sp³-hybridized carbons (Fsp3) is 0.167. The van der Waals surface area contributed by atoms with Crippen LogP contribution < -0.4 is 5.73 Å². The van der Waals surface area contributed by atoms with Crippen LogP contribution in [0.25, 0.3) is 10.3 Å². The predicted octanol–water partition coefficient (Wildman–Crippen LogP) is 1.74. The molecular weight excluding hydrogens is 240 g/mol. The van der Waals surface area contributed by atoms with E-state index < -0.39 is 0 Å². The summed E-state index contributed by atoms with van der Waals surface area (Å²) in [5.41, 5.74) is 7.10. The second-order valence-corrected chi connectivity index (χ2v) is 4.02. The number of halogens is 1. The molecule has 0 spiro atoms. The number of aryl methyl sites for hydroxylation is 1. The smallest absolute Gasteiger partial charge is 0.198 e. The Kier molecular flexibility index (Phi) is 1.73. The molecule has 0 aliphatic heterocycles. The molecule has 0 unspecified atom stereocenters. The van der Waals surface area contributed by atoms with Crippen molar-refractivity contribution in [3.8, 4) is 0 Å². The maximum absolute atomic E-state index is 5.53. The largest absolute Gasteiger partial charge is 0.375 e. The zero-order chi connectivity index (χ0) is 8.72. The van der Waals surface area contributed by atoms with Crippen molar-refractivity contribution in [1.29, 1.82) is 0 Å². The van der Waals surface area contributed by atoms with Gasteiger partial charge in [0.1, 0.15) is 0 Å². The lowest BCUT2D eigenvalue weighted by Crippen LogP contribution is -1.87. The van der Waals surface area contributed by atoms with Crippen molar-refractivity contribution in [2.75, 3.05) is 5.73 Å². The third kappa shape index (κ3) is 1.16. The molecule has 0 aromatic carbocycles. The molecule has 2 heterocycles. The van der Waals surface area contributed by atoms with Gasteiger partial charge in [-0.15, -0.1) is 0 Å². The van der Waals surface area contributed by atoms with Crippen LogP contribution in [0.1, 0.15) is 5.69 Å². The molecule has 6 heteroatoms. The fourth-order valence-electron chi connectivity index (χ4n) is 0.941. The van der Waals surface area contributed by atoms with Gasteiger partial charge in [0.05, 0.1) is 10.4 Å². The first kappa shape index (κ1) is 7.88. The van der Waals surface area contributed by atoms with Crippen molar-refractivity contribution in [2.24, 2.45) is 0 Å². The first-order valence-corrected chi connectivity index (χ1v) is 4.84. The first-order valence-electron chi connectivity index (χ1n) is 3.23. The van der Waals surface area contributed by atoms with E-state index in [2.05, 4.69) is 30.9 Å². The van der Waals surface area contributed by atoms with E-state index in [1.54, 1.807) is 0 Å². The topological polar surface area (TPSA) is 64.7 Å². The highest BCUT2D eigenvalue weighted by molar-refractivity contribution is 9.10. The van der Waals surface area contributed by atoms with Gasteiger partial charge >= 0.3 is 0 Å². The van der Waals surface area contributed by atoms with Gasteiger partial charge in [-0.25, -0.2) is 15.0 Å². The minimum absolute atomic E-state index is 0.528. The lowest BCUT2D eigenvalue weighted by molar-refractivity contribution is 1.09. The maximum Gasteiger partial charge on any atom is 0.198 e. The highest BCUT2D eigenvalue weighted by Crippen LogP contribution is 2.25. The zero-order valence-corrected chi connectivity index (χ0v) is 8.61. The number of nitrogens with two attached hydrogens (primary N) is 1. The molecule has 0 amide bonds. The van der Waals surface area contributed by atoms with Crippen LogP contribution in [0.4, 0.5) is 5.13 Å². The minimum atomic E-state index is 0.528. The van der Waals surface area contributed by atoms with E-state index in [-0.39, 0.29) is 0 Å². The van der Waals surface area contributed by atoms with Crippen molar-refractivity contribution >= 4 is 42.7 Å². The lowest BCUT2D eigenvalue weighted by atomic mass is 10.4. The Hall–Kier alpha value is -0.750. The SMILES string of the molecule is Cc1nc(Br)nc2nc(N)sc12. The Morgan fingerprint density at radius 2 is 2.08 bits per heavy atom. The molecule has 4 nitrogen and oxygen atoms in total. The minimum Gasteiger partial charge on any atom is -0.375 e. The van der Waals surface area contributed by atoms with Gasteiger partial charge in [0.25, 0.3) is 0 Å². The summed E-state index contributed by atoms with van der Waals surface area (Å²) in [5.74, 6) is 0. The van der Waals surface area contributed by atoms with Crippen LogP contribution in [0.15, 0.2) is 4.73 Å². The third-order valence-electron chi connectivity index (χ3n) is 1.41. The average Bonchev–Trinajstić information content (AvgIpc) is 2.29. The second kappa shape index (κ2) is 2.63. The predicted molar refractivity (Wildman–Crippen MR) is 52.1 cm³/mol. The highest BCUT2D eigenvalue weighted by atomic mass is 79.9. The molecular formula is C6H5BrN4S. The second-order valence-electron chi connectivity index (χ2n) is 2.28. The molecule has 0 atom stereocenters. The molecule has 0 radical (unpaired) electrons. The Labute approximate surface area is 81.0 Å². The number of nitrogen functional groups attached to an aromatic ring is 1. The normalized spacial score (nSPS) is 10.8. The molecule has 2 aromatic heterocycles. The molecule has 0 aliphatic carbocycles. The van der Waals surface area contributed by atoms with Crippen LogP contribution >= 0.6 is 27.3 Å². The van der Waals surface area contributed by atoms with Crippen molar-refractivity contribution in [3.05, 3.63) is 10.4 Å². The first-order chi connectivity index (χ1) is 5.66. The van der Waals surface area contributed by atoms with Gasteiger partial charge in [-0.3, -0.25) is 0 Å². The number of rotatable bonds is 0. The molecule has 2 rings (SSSR count). The van der Waals surface area contributed by atoms with Crippen molar-refractivity contribution in [3.63, 3.8) is 0 Å². The molecule has 0 saturated heterocycles. The van der Waals surface area contributed by atoms with Crippen LogP contribution in [0, 0.1) is 6.92 Å². The van der Waals surface area contributed by atoms with Crippen LogP contribution in [-0.4, -0.2) is 15.0 Å². The monoisotopic (exact) mass is 244 g/mol.